The molecule has 0 aliphatic carbocycles. The predicted molar refractivity (Wildman–Crippen MR) is 74.7 cm³/mol. The first kappa shape index (κ1) is 15.4. The maximum atomic E-state index is 12.2. The third kappa shape index (κ3) is 3.21. The Morgan fingerprint density at radius 3 is 2.81 bits per heavy atom. The molecule has 0 bridgehead atoms. The van der Waals surface area contributed by atoms with Crippen molar-refractivity contribution in [2.45, 2.75) is 33.2 Å². The second-order valence-electron chi connectivity index (χ2n) is 5.44. The van der Waals surface area contributed by atoms with Crippen LogP contribution in [0.15, 0.2) is 0 Å². The molecule has 1 fully saturated rings. The van der Waals surface area contributed by atoms with Gasteiger partial charge in [0.2, 0.25) is 5.91 Å². The zero-order valence-electron chi connectivity index (χ0n) is 12.3. The first-order chi connectivity index (χ1) is 9.93. The Hall–Kier alpha value is -1.96. The highest BCUT2D eigenvalue weighted by molar-refractivity contribution is 5.76. The molecule has 1 atom stereocenters. The molecule has 0 spiro atoms. The summed E-state index contributed by atoms with van der Waals surface area (Å²) >= 11 is 0. The number of nitro groups is 1. The lowest BCUT2D eigenvalue weighted by molar-refractivity contribution is -0.386. The molecule has 1 aromatic heterocycles. The summed E-state index contributed by atoms with van der Waals surface area (Å²) in [6.07, 6.45) is 1.60. The zero-order chi connectivity index (χ0) is 15.6. The van der Waals surface area contributed by atoms with E-state index in [0.717, 1.165) is 6.42 Å². The molecule has 116 valence electrons. The fourth-order valence-corrected chi connectivity index (χ4v) is 2.81. The Labute approximate surface area is 122 Å². The number of rotatable bonds is 5. The molecule has 2 rings (SSSR count). The van der Waals surface area contributed by atoms with Gasteiger partial charge >= 0.3 is 5.69 Å². The molecule has 21 heavy (non-hydrogen) atoms. The molecule has 1 aliphatic heterocycles. The molecule has 2 heterocycles. The third-order valence-electron chi connectivity index (χ3n) is 3.99. The summed E-state index contributed by atoms with van der Waals surface area (Å²) < 4.78 is 1.40. The van der Waals surface area contributed by atoms with Gasteiger partial charge < -0.3 is 10.0 Å². The zero-order valence-corrected chi connectivity index (χ0v) is 12.3. The summed E-state index contributed by atoms with van der Waals surface area (Å²) in [5.41, 5.74) is 0.698. The average molecular weight is 296 g/mol. The predicted octanol–water partition coefficient (Wildman–Crippen LogP) is 0.639. The summed E-state index contributed by atoms with van der Waals surface area (Å²) in [7, 11) is 0. The average Bonchev–Trinajstić information content (AvgIpc) is 2.96. The summed E-state index contributed by atoms with van der Waals surface area (Å²) in [5, 5.41) is 24.0. The molecule has 1 aliphatic rings. The van der Waals surface area contributed by atoms with E-state index in [2.05, 4.69) is 5.10 Å². The van der Waals surface area contributed by atoms with Gasteiger partial charge in [0, 0.05) is 19.7 Å². The molecular weight excluding hydrogens is 276 g/mol. The first-order valence-corrected chi connectivity index (χ1v) is 7.01. The van der Waals surface area contributed by atoms with E-state index in [1.807, 2.05) is 0 Å². The molecule has 1 amide bonds. The van der Waals surface area contributed by atoms with E-state index in [9.17, 15) is 14.9 Å². The second-order valence-corrected chi connectivity index (χ2v) is 5.44. The number of likely N-dealkylation sites (tertiary alicyclic amines) is 1. The van der Waals surface area contributed by atoms with Gasteiger partial charge in [-0.1, -0.05) is 0 Å². The van der Waals surface area contributed by atoms with Crippen molar-refractivity contribution in [3.63, 3.8) is 0 Å². The molecule has 0 radical (unpaired) electrons. The van der Waals surface area contributed by atoms with Gasteiger partial charge in [0.15, 0.2) is 0 Å². The van der Waals surface area contributed by atoms with Gasteiger partial charge in [-0.2, -0.15) is 5.10 Å². The van der Waals surface area contributed by atoms with E-state index < -0.39 is 4.92 Å². The van der Waals surface area contributed by atoms with Crippen LogP contribution in [0.2, 0.25) is 0 Å². The Kier molecular flexibility index (Phi) is 4.56. The quantitative estimate of drug-likeness (QED) is 0.634. The van der Waals surface area contributed by atoms with Crippen LogP contribution in [0.4, 0.5) is 5.69 Å². The van der Waals surface area contributed by atoms with E-state index >= 15 is 0 Å². The summed E-state index contributed by atoms with van der Waals surface area (Å²) in [6, 6.07) is 0. The standard InChI is InChI=1S/C13H20N4O4/c1-9-13(17(20)21)10(2)16(14-9)8-12(19)15-5-3-11(7-15)4-6-18/h11,18H,3-8H2,1-2H3. The number of hydrogen-bond acceptors (Lipinski definition) is 5. The first-order valence-electron chi connectivity index (χ1n) is 7.01. The van der Waals surface area contributed by atoms with Crippen molar-refractivity contribution in [3.8, 4) is 0 Å². The summed E-state index contributed by atoms with van der Waals surface area (Å²) in [4.78, 5) is 24.5. The van der Waals surface area contributed by atoms with E-state index in [1.54, 1.807) is 18.7 Å². The summed E-state index contributed by atoms with van der Waals surface area (Å²) in [6.45, 7) is 4.64. The number of nitrogens with zero attached hydrogens (tertiary/aromatic N) is 4. The van der Waals surface area contributed by atoms with E-state index in [0.29, 0.717) is 36.8 Å². The lowest BCUT2D eigenvalue weighted by Crippen LogP contribution is -2.32. The largest absolute Gasteiger partial charge is 0.396 e. The van der Waals surface area contributed by atoms with Gasteiger partial charge in [-0.3, -0.25) is 19.6 Å². The number of aryl methyl sites for hydroxylation is 1. The molecule has 1 aromatic rings. The van der Waals surface area contributed by atoms with Crippen LogP contribution in [0.1, 0.15) is 24.2 Å². The van der Waals surface area contributed by atoms with Crippen LogP contribution in [0.3, 0.4) is 0 Å². The highest BCUT2D eigenvalue weighted by Crippen LogP contribution is 2.23. The van der Waals surface area contributed by atoms with Gasteiger partial charge in [-0.05, 0) is 32.6 Å². The van der Waals surface area contributed by atoms with E-state index in [1.165, 1.54) is 4.68 Å². The fraction of sp³-hybridized carbons (Fsp3) is 0.692. The number of carbonyl (C=O) groups excluding carboxylic acids is 1. The van der Waals surface area contributed by atoms with Crippen molar-refractivity contribution in [3.05, 3.63) is 21.5 Å². The molecule has 1 saturated heterocycles. The lowest BCUT2D eigenvalue weighted by Gasteiger charge is -2.16. The van der Waals surface area contributed by atoms with Gasteiger partial charge in [-0.15, -0.1) is 0 Å². The number of aliphatic hydroxyl groups is 1. The topological polar surface area (TPSA) is 102 Å². The molecular formula is C13H20N4O4. The van der Waals surface area contributed by atoms with Crippen LogP contribution in [-0.2, 0) is 11.3 Å². The van der Waals surface area contributed by atoms with Crippen LogP contribution in [0.5, 0.6) is 0 Å². The van der Waals surface area contributed by atoms with Gasteiger partial charge in [0.25, 0.3) is 0 Å². The minimum absolute atomic E-state index is 0.0202. The number of amides is 1. The van der Waals surface area contributed by atoms with Crippen molar-refractivity contribution in [1.29, 1.82) is 0 Å². The van der Waals surface area contributed by atoms with Crippen LogP contribution >= 0.6 is 0 Å². The van der Waals surface area contributed by atoms with Crippen molar-refractivity contribution in [2.75, 3.05) is 19.7 Å². The second kappa shape index (κ2) is 6.21. The number of aliphatic hydroxyl groups excluding tert-OH is 1. The van der Waals surface area contributed by atoms with Gasteiger partial charge in [0.1, 0.15) is 17.9 Å². The number of carbonyl (C=O) groups is 1. The van der Waals surface area contributed by atoms with E-state index in [-0.39, 0.29) is 24.7 Å². The fourth-order valence-electron chi connectivity index (χ4n) is 2.81. The van der Waals surface area contributed by atoms with E-state index in [4.69, 9.17) is 5.11 Å². The Morgan fingerprint density at radius 1 is 1.52 bits per heavy atom. The number of hydrogen-bond donors (Lipinski definition) is 1. The molecule has 0 saturated carbocycles. The molecule has 8 heteroatoms. The van der Waals surface area contributed by atoms with Crippen LogP contribution in [-0.4, -0.2) is 50.3 Å². The maximum Gasteiger partial charge on any atom is 0.312 e. The Morgan fingerprint density at radius 2 is 2.24 bits per heavy atom. The van der Waals surface area contributed by atoms with Crippen LogP contribution < -0.4 is 0 Å². The maximum absolute atomic E-state index is 12.2. The lowest BCUT2D eigenvalue weighted by atomic mass is 10.1. The SMILES string of the molecule is Cc1nn(CC(=O)N2CCC(CCO)C2)c(C)c1[N+](=O)[O-]. The van der Waals surface area contributed by atoms with Crippen molar-refractivity contribution >= 4 is 11.6 Å². The van der Waals surface area contributed by atoms with Gasteiger partial charge in [-0.25, -0.2) is 0 Å². The van der Waals surface area contributed by atoms with Crippen molar-refractivity contribution < 1.29 is 14.8 Å². The Balaban J connectivity index is 2.04. The minimum atomic E-state index is -0.466. The molecule has 8 nitrogen and oxygen atoms in total. The third-order valence-corrected chi connectivity index (χ3v) is 3.99. The summed E-state index contributed by atoms with van der Waals surface area (Å²) in [5.74, 6) is 0.254. The normalized spacial score (nSPS) is 18.2. The Bertz CT molecular complexity index is 555. The molecule has 1 unspecified atom stereocenters. The van der Waals surface area contributed by atoms with Crippen molar-refractivity contribution in [2.24, 2.45) is 5.92 Å². The smallest absolute Gasteiger partial charge is 0.312 e. The van der Waals surface area contributed by atoms with Crippen LogP contribution in [0, 0.1) is 29.9 Å². The number of aromatic nitrogens is 2. The highest BCUT2D eigenvalue weighted by atomic mass is 16.6. The van der Waals surface area contributed by atoms with Crippen molar-refractivity contribution in [1.82, 2.24) is 14.7 Å². The minimum Gasteiger partial charge on any atom is -0.396 e. The molecule has 1 N–H and O–H groups in total. The monoisotopic (exact) mass is 296 g/mol. The van der Waals surface area contributed by atoms with Crippen LogP contribution in [0.25, 0.3) is 0 Å². The van der Waals surface area contributed by atoms with Gasteiger partial charge in [0.05, 0.1) is 4.92 Å². The highest BCUT2D eigenvalue weighted by Gasteiger charge is 2.28. The molecule has 0 aromatic carbocycles.